The molecule has 3 atom stereocenters. The number of benzene rings is 1. The Bertz CT molecular complexity index is 986. The summed E-state index contributed by atoms with van der Waals surface area (Å²) >= 11 is 0. The topological polar surface area (TPSA) is 91.4 Å². The molecule has 9 heteroatoms. The number of piperazine rings is 1. The first-order valence-corrected chi connectivity index (χ1v) is 13.4. The first-order valence-electron chi connectivity index (χ1n) is 13.4. The highest BCUT2D eigenvalue weighted by Crippen LogP contribution is 2.33. The zero-order valence-electron chi connectivity index (χ0n) is 21.4. The molecule has 1 aromatic carbocycles. The molecule has 0 unspecified atom stereocenters. The molecule has 1 N–H and O–H groups in total. The fraction of sp³-hybridized carbons (Fsp3) is 0.667. The smallest absolute Gasteiger partial charge is 0.257 e. The highest BCUT2D eigenvalue weighted by molar-refractivity contribution is 6.00. The van der Waals surface area contributed by atoms with Gasteiger partial charge in [-0.3, -0.25) is 14.4 Å². The summed E-state index contributed by atoms with van der Waals surface area (Å²) < 4.78 is 12.4. The van der Waals surface area contributed by atoms with Crippen LogP contribution in [0.3, 0.4) is 0 Å². The average molecular weight is 499 g/mol. The van der Waals surface area contributed by atoms with E-state index in [0.717, 1.165) is 64.7 Å². The number of likely N-dealkylation sites (N-methyl/N-ethyl adjacent to an activating group) is 2. The van der Waals surface area contributed by atoms with Gasteiger partial charge in [-0.05, 0) is 50.9 Å². The Balaban J connectivity index is 1.23. The number of nitrogens with one attached hydrogen (secondary N) is 1. The van der Waals surface area contributed by atoms with Crippen LogP contribution in [0.25, 0.3) is 0 Å². The first kappa shape index (κ1) is 25.0. The molecule has 1 aliphatic carbocycles. The average Bonchev–Trinajstić information content (AvgIpc) is 3.42. The lowest BCUT2D eigenvalue weighted by Gasteiger charge is -2.42. The second-order valence-electron chi connectivity index (χ2n) is 10.7. The predicted octanol–water partition coefficient (Wildman–Crippen LogP) is 2.36. The molecule has 0 aromatic heterocycles. The molecule has 1 aromatic rings. The minimum atomic E-state index is -0.298. The van der Waals surface area contributed by atoms with Crippen molar-refractivity contribution in [3.05, 3.63) is 23.8 Å². The Morgan fingerprint density at radius 1 is 1.03 bits per heavy atom. The van der Waals surface area contributed by atoms with Crippen molar-refractivity contribution < 1.29 is 23.9 Å². The number of fused-ring (bicyclic) bond motifs is 2. The van der Waals surface area contributed by atoms with Gasteiger partial charge in [-0.15, -0.1) is 0 Å². The maximum Gasteiger partial charge on any atom is 0.257 e. The number of amides is 3. The van der Waals surface area contributed by atoms with Gasteiger partial charge in [-0.1, -0.05) is 12.8 Å². The molecule has 3 heterocycles. The summed E-state index contributed by atoms with van der Waals surface area (Å²) in [5.41, 5.74) is 1.07. The number of hydrogen-bond acceptors (Lipinski definition) is 6. The van der Waals surface area contributed by atoms with E-state index >= 15 is 0 Å². The normalized spacial score (nSPS) is 27.5. The monoisotopic (exact) mass is 498 g/mol. The zero-order valence-corrected chi connectivity index (χ0v) is 21.4. The third kappa shape index (κ3) is 5.37. The summed E-state index contributed by atoms with van der Waals surface area (Å²) in [6.45, 7) is 3.62. The number of nitrogens with zero attached hydrogens (tertiary/aromatic N) is 3. The molecular weight excluding hydrogens is 460 g/mol. The van der Waals surface area contributed by atoms with E-state index in [9.17, 15) is 14.4 Å². The predicted molar refractivity (Wildman–Crippen MR) is 135 cm³/mol. The van der Waals surface area contributed by atoms with Gasteiger partial charge in [0.2, 0.25) is 11.8 Å². The van der Waals surface area contributed by atoms with Crippen LogP contribution < -0.4 is 10.1 Å². The fourth-order valence-corrected chi connectivity index (χ4v) is 5.92. The SMILES string of the molecule is CN1CCN(C(=O)C[C@@H]2CC[C@H]3[C@H](COc4ccc(NC(=O)C5CCCC5)cc4C(=O)N3C)O2)CC1. The molecule has 36 heavy (non-hydrogen) atoms. The summed E-state index contributed by atoms with van der Waals surface area (Å²) in [5.74, 6) is 0.562. The van der Waals surface area contributed by atoms with Crippen molar-refractivity contribution in [2.75, 3.05) is 52.2 Å². The molecule has 3 aliphatic heterocycles. The molecule has 0 spiro atoms. The first-order chi connectivity index (χ1) is 17.4. The van der Waals surface area contributed by atoms with Crippen LogP contribution in [0.15, 0.2) is 18.2 Å². The van der Waals surface area contributed by atoms with Crippen LogP contribution in [0.1, 0.15) is 55.3 Å². The number of carbonyl (C=O) groups is 3. The summed E-state index contributed by atoms with van der Waals surface area (Å²) in [7, 11) is 3.88. The summed E-state index contributed by atoms with van der Waals surface area (Å²) in [5, 5.41) is 2.99. The van der Waals surface area contributed by atoms with Crippen LogP contribution >= 0.6 is 0 Å². The molecular formula is C27H38N4O5. The highest BCUT2D eigenvalue weighted by atomic mass is 16.5. The van der Waals surface area contributed by atoms with Gasteiger partial charge in [0.25, 0.3) is 5.91 Å². The Hall–Kier alpha value is -2.65. The van der Waals surface area contributed by atoms with Crippen LogP contribution in [0, 0.1) is 5.92 Å². The van der Waals surface area contributed by atoms with Gasteiger partial charge in [-0.2, -0.15) is 0 Å². The van der Waals surface area contributed by atoms with E-state index in [1.165, 1.54) is 0 Å². The van der Waals surface area contributed by atoms with Gasteiger partial charge < -0.3 is 29.5 Å². The Morgan fingerprint density at radius 2 is 1.78 bits per heavy atom. The van der Waals surface area contributed by atoms with E-state index in [2.05, 4.69) is 17.3 Å². The molecule has 0 radical (unpaired) electrons. The van der Waals surface area contributed by atoms with Crippen molar-refractivity contribution in [2.24, 2.45) is 5.92 Å². The number of anilines is 1. The molecule has 0 bridgehead atoms. The largest absolute Gasteiger partial charge is 0.490 e. The molecule has 2 saturated heterocycles. The fourth-order valence-electron chi connectivity index (χ4n) is 5.92. The van der Waals surface area contributed by atoms with Crippen molar-refractivity contribution in [2.45, 2.75) is 63.2 Å². The van der Waals surface area contributed by atoms with E-state index in [0.29, 0.717) is 30.0 Å². The van der Waals surface area contributed by atoms with Crippen molar-refractivity contribution in [3.63, 3.8) is 0 Å². The molecule has 5 rings (SSSR count). The minimum Gasteiger partial charge on any atom is -0.490 e. The van der Waals surface area contributed by atoms with E-state index in [1.54, 1.807) is 30.1 Å². The summed E-state index contributed by atoms with van der Waals surface area (Å²) in [6.07, 6.45) is 5.41. The van der Waals surface area contributed by atoms with Gasteiger partial charge in [0.05, 0.1) is 24.1 Å². The van der Waals surface area contributed by atoms with Crippen molar-refractivity contribution in [3.8, 4) is 5.75 Å². The lowest BCUT2D eigenvalue weighted by atomic mass is 9.94. The van der Waals surface area contributed by atoms with E-state index in [4.69, 9.17) is 9.47 Å². The third-order valence-corrected chi connectivity index (χ3v) is 8.26. The molecule has 196 valence electrons. The van der Waals surface area contributed by atoms with Gasteiger partial charge in [0.15, 0.2) is 0 Å². The molecule has 3 amide bonds. The van der Waals surface area contributed by atoms with Gasteiger partial charge >= 0.3 is 0 Å². The summed E-state index contributed by atoms with van der Waals surface area (Å²) in [6, 6.07) is 5.14. The van der Waals surface area contributed by atoms with Crippen LogP contribution in [0.4, 0.5) is 5.69 Å². The van der Waals surface area contributed by atoms with E-state index < -0.39 is 0 Å². The van der Waals surface area contributed by atoms with Gasteiger partial charge in [0.1, 0.15) is 18.5 Å². The molecule has 9 nitrogen and oxygen atoms in total. The lowest BCUT2D eigenvalue weighted by molar-refractivity contribution is -0.144. The zero-order chi connectivity index (χ0) is 25.2. The Kier molecular flexibility index (Phi) is 7.48. The standard InChI is InChI=1S/C27H38N4O5/c1-29-11-13-31(14-12-29)25(32)16-20-8-9-22-24(36-20)17-35-23-10-7-19(15-21(23)27(34)30(22)2)28-26(33)18-5-3-4-6-18/h7,10,15,18,20,22,24H,3-6,8-9,11-14,16-17H2,1-2H3,(H,28,33)/t20-,22-,24-/m0/s1. The van der Waals surface area contributed by atoms with E-state index in [1.807, 2.05) is 4.90 Å². The lowest BCUT2D eigenvalue weighted by Crippen LogP contribution is -2.54. The quantitative estimate of drug-likeness (QED) is 0.685. The van der Waals surface area contributed by atoms with E-state index in [-0.39, 0.29) is 41.9 Å². The second kappa shape index (κ2) is 10.8. The van der Waals surface area contributed by atoms with Crippen LogP contribution in [-0.4, -0.2) is 97.6 Å². The van der Waals surface area contributed by atoms with Crippen molar-refractivity contribution in [1.82, 2.24) is 14.7 Å². The van der Waals surface area contributed by atoms with Crippen LogP contribution in [-0.2, 0) is 14.3 Å². The molecule has 3 fully saturated rings. The van der Waals surface area contributed by atoms with Crippen molar-refractivity contribution >= 4 is 23.4 Å². The number of hydrogen-bond donors (Lipinski definition) is 1. The Labute approximate surface area is 213 Å². The maximum absolute atomic E-state index is 13.4. The van der Waals surface area contributed by atoms with Crippen molar-refractivity contribution in [1.29, 1.82) is 0 Å². The number of carbonyl (C=O) groups excluding carboxylic acids is 3. The molecule has 1 saturated carbocycles. The third-order valence-electron chi connectivity index (χ3n) is 8.26. The number of ether oxygens (including phenoxy) is 2. The van der Waals surface area contributed by atoms with Gasteiger partial charge in [0, 0.05) is 44.8 Å². The highest BCUT2D eigenvalue weighted by Gasteiger charge is 2.39. The maximum atomic E-state index is 13.4. The van der Waals surface area contributed by atoms with Crippen LogP contribution in [0.5, 0.6) is 5.75 Å². The molecule has 4 aliphatic rings. The van der Waals surface area contributed by atoms with Crippen LogP contribution in [0.2, 0.25) is 0 Å². The van der Waals surface area contributed by atoms with Gasteiger partial charge in [-0.25, -0.2) is 0 Å². The second-order valence-corrected chi connectivity index (χ2v) is 10.7. The minimum absolute atomic E-state index is 0.0259. The summed E-state index contributed by atoms with van der Waals surface area (Å²) in [4.78, 5) is 44.8. The Morgan fingerprint density at radius 3 is 2.53 bits per heavy atom. The number of rotatable bonds is 4.